The van der Waals surface area contributed by atoms with E-state index in [4.69, 9.17) is 11.6 Å². The molecule has 0 spiro atoms. The standard InChI is InChI=1S/C14H12BrClN2O/c1-8-3-11(15)7-12(4-8)18-14(19)10-5-9(2)17-13(16)6-10/h3-7H,1-2H3,(H,18,19). The maximum Gasteiger partial charge on any atom is 0.255 e. The van der Waals surface area contributed by atoms with Gasteiger partial charge >= 0.3 is 0 Å². The highest BCUT2D eigenvalue weighted by Crippen LogP contribution is 2.20. The van der Waals surface area contributed by atoms with Crippen LogP contribution in [0.1, 0.15) is 21.6 Å². The van der Waals surface area contributed by atoms with E-state index in [0.29, 0.717) is 16.4 Å². The Morgan fingerprint density at radius 2 is 1.95 bits per heavy atom. The van der Waals surface area contributed by atoms with E-state index in [1.54, 1.807) is 19.1 Å². The molecule has 0 aliphatic carbocycles. The van der Waals surface area contributed by atoms with Gasteiger partial charge in [0.25, 0.3) is 5.91 Å². The van der Waals surface area contributed by atoms with E-state index in [1.165, 1.54) is 0 Å². The van der Waals surface area contributed by atoms with Crippen molar-refractivity contribution < 1.29 is 4.79 Å². The number of rotatable bonds is 2. The van der Waals surface area contributed by atoms with Crippen molar-refractivity contribution in [1.29, 1.82) is 0 Å². The van der Waals surface area contributed by atoms with Crippen molar-refractivity contribution in [3.63, 3.8) is 0 Å². The first-order valence-electron chi connectivity index (χ1n) is 5.67. The first-order chi connectivity index (χ1) is 8.94. The lowest BCUT2D eigenvalue weighted by Crippen LogP contribution is -2.12. The summed E-state index contributed by atoms with van der Waals surface area (Å²) in [5, 5.41) is 3.15. The quantitative estimate of drug-likeness (QED) is 0.826. The van der Waals surface area contributed by atoms with Crippen LogP contribution in [0, 0.1) is 13.8 Å². The largest absolute Gasteiger partial charge is 0.322 e. The van der Waals surface area contributed by atoms with Crippen LogP contribution < -0.4 is 5.32 Å². The minimum absolute atomic E-state index is 0.204. The van der Waals surface area contributed by atoms with Gasteiger partial charge in [-0.05, 0) is 49.7 Å². The lowest BCUT2D eigenvalue weighted by atomic mass is 10.2. The van der Waals surface area contributed by atoms with Gasteiger partial charge in [-0.3, -0.25) is 4.79 Å². The molecule has 0 radical (unpaired) electrons. The van der Waals surface area contributed by atoms with Gasteiger partial charge in [0.15, 0.2) is 0 Å². The number of benzene rings is 1. The number of anilines is 1. The molecular formula is C14H12BrClN2O. The lowest BCUT2D eigenvalue weighted by Gasteiger charge is -2.08. The second-order valence-corrected chi connectivity index (χ2v) is 5.59. The second kappa shape index (κ2) is 5.72. The Morgan fingerprint density at radius 1 is 1.21 bits per heavy atom. The molecule has 5 heteroatoms. The van der Waals surface area contributed by atoms with Crippen LogP contribution in [0.2, 0.25) is 5.15 Å². The normalized spacial score (nSPS) is 10.3. The number of halogens is 2. The van der Waals surface area contributed by atoms with Crippen LogP contribution in [0.25, 0.3) is 0 Å². The molecule has 0 saturated carbocycles. The Labute approximate surface area is 125 Å². The van der Waals surface area contributed by atoms with Crippen LogP contribution >= 0.6 is 27.5 Å². The number of nitrogens with one attached hydrogen (secondary N) is 1. The van der Waals surface area contributed by atoms with Crippen LogP contribution in [0.4, 0.5) is 5.69 Å². The highest BCUT2D eigenvalue weighted by molar-refractivity contribution is 9.10. The van der Waals surface area contributed by atoms with Crippen molar-refractivity contribution >= 4 is 39.1 Å². The summed E-state index contributed by atoms with van der Waals surface area (Å²) in [5.74, 6) is -0.204. The summed E-state index contributed by atoms with van der Waals surface area (Å²) < 4.78 is 0.923. The SMILES string of the molecule is Cc1cc(Br)cc(NC(=O)c2cc(C)nc(Cl)c2)c1. The first-order valence-corrected chi connectivity index (χ1v) is 6.84. The summed E-state index contributed by atoms with van der Waals surface area (Å²) in [6, 6.07) is 8.97. The minimum atomic E-state index is -0.204. The topological polar surface area (TPSA) is 42.0 Å². The van der Waals surface area contributed by atoms with Gasteiger partial charge in [0.1, 0.15) is 5.15 Å². The van der Waals surface area contributed by atoms with Crippen molar-refractivity contribution in [3.05, 3.63) is 56.8 Å². The van der Waals surface area contributed by atoms with Crippen molar-refractivity contribution in [2.24, 2.45) is 0 Å². The second-order valence-electron chi connectivity index (χ2n) is 4.29. The first kappa shape index (κ1) is 14.0. The molecule has 1 aromatic carbocycles. The van der Waals surface area contributed by atoms with Gasteiger partial charge in [-0.25, -0.2) is 4.98 Å². The fraction of sp³-hybridized carbons (Fsp3) is 0.143. The average molecular weight is 340 g/mol. The summed E-state index contributed by atoms with van der Waals surface area (Å²) in [5.41, 5.74) is 3.01. The Bertz CT molecular complexity index is 603. The van der Waals surface area contributed by atoms with Crippen molar-refractivity contribution in [2.75, 3.05) is 5.32 Å². The molecule has 0 atom stereocenters. The monoisotopic (exact) mass is 338 g/mol. The van der Waals surface area contributed by atoms with Crippen molar-refractivity contribution in [1.82, 2.24) is 4.98 Å². The maximum absolute atomic E-state index is 12.1. The summed E-state index contributed by atoms with van der Waals surface area (Å²) in [6.45, 7) is 3.76. The molecule has 2 aromatic rings. The zero-order chi connectivity index (χ0) is 14.0. The molecule has 0 fully saturated rings. The Morgan fingerprint density at radius 3 is 2.58 bits per heavy atom. The minimum Gasteiger partial charge on any atom is -0.322 e. The molecule has 19 heavy (non-hydrogen) atoms. The molecule has 0 aliphatic rings. The van der Waals surface area contributed by atoms with Crippen molar-refractivity contribution in [2.45, 2.75) is 13.8 Å². The number of hydrogen-bond donors (Lipinski definition) is 1. The number of aryl methyl sites for hydroxylation is 2. The van der Waals surface area contributed by atoms with E-state index in [0.717, 1.165) is 15.7 Å². The van der Waals surface area contributed by atoms with Gasteiger partial charge in [-0.2, -0.15) is 0 Å². The summed E-state index contributed by atoms with van der Waals surface area (Å²) >= 11 is 9.25. The van der Waals surface area contributed by atoms with E-state index in [1.807, 2.05) is 25.1 Å². The Balaban J connectivity index is 2.25. The molecule has 1 heterocycles. The van der Waals surface area contributed by atoms with Crippen molar-refractivity contribution in [3.8, 4) is 0 Å². The fourth-order valence-corrected chi connectivity index (χ4v) is 2.63. The van der Waals surface area contributed by atoms with E-state index in [2.05, 4.69) is 26.2 Å². The van der Waals surface area contributed by atoms with Gasteiger partial charge in [0.05, 0.1) is 0 Å². The summed E-state index contributed by atoms with van der Waals surface area (Å²) in [7, 11) is 0. The number of amides is 1. The third-order valence-corrected chi connectivity index (χ3v) is 3.14. The predicted octanol–water partition coefficient (Wildman–Crippen LogP) is 4.37. The van der Waals surface area contributed by atoms with Crippen LogP contribution in [-0.4, -0.2) is 10.9 Å². The maximum atomic E-state index is 12.1. The number of pyridine rings is 1. The van der Waals surface area contributed by atoms with Gasteiger partial charge in [-0.15, -0.1) is 0 Å². The highest BCUT2D eigenvalue weighted by atomic mass is 79.9. The van der Waals surface area contributed by atoms with E-state index in [9.17, 15) is 4.79 Å². The van der Waals surface area contributed by atoms with Gasteiger partial charge < -0.3 is 5.32 Å². The summed E-state index contributed by atoms with van der Waals surface area (Å²) in [6.07, 6.45) is 0. The molecule has 3 nitrogen and oxygen atoms in total. The van der Waals surface area contributed by atoms with Crippen LogP contribution in [-0.2, 0) is 0 Å². The number of carbonyl (C=O) groups excluding carboxylic acids is 1. The molecule has 0 bridgehead atoms. The van der Waals surface area contributed by atoms with E-state index in [-0.39, 0.29) is 5.91 Å². The Hall–Kier alpha value is -1.39. The molecule has 1 N–H and O–H groups in total. The molecule has 2 rings (SSSR count). The molecule has 1 aromatic heterocycles. The predicted molar refractivity (Wildman–Crippen MR) is 80.8 cm³/mol. The lowest BCUT2D eigenvalue weighted by molar-refractivity contribution is 0.102. The third-order valence-electron chi connectivity index (χ3n) is 2.48. The number of nitrogens with zero attached hydrogens (tertiary/aromatic N) is 1. The number of carbonyl (C=O) groups is 1. The average Bonchev–Trinajstić information content (AvgIpc) is 2.25. The van der Waals surface area contributed by atoms with Gasteiger partial charge in [-0.1, -0.05) is 27.5 Å². The van der Waals surface area contributed by atoms with Gasteiger partial charge in [0.2, 0.25) is 0 Å². The zero-order valence-corrected chi connectivity index (χ0v) is 12.8. The molecule has 0 unspecified atom stereocenters. The Kier molecular flexibility index (Phi) is 4.22. The highest BCUT2D eigenvalue weighted by Gasteiger charge is 2.09. The van der Waals surface area contributed by atoms with Crippen LogP contribution in [0.15, 0.2) is 34.8 Å². The molecule has 1 amide bonds. The smallest absolute Gasteiger partial charge is 0.255 e. The third kappa shape index (κ3) is 3.78. The molecule has 98 valence electrons. The van der Waals surface area contributed by atoms with E-state index >= 15 is 0 Å². The molecular weight excluding hydrogens is 328 g/mol. The zero-order valence-electron chi connectivity index (χ0n) is 10.5. The van der Waals surface area contributed by atoms with Gasteiger partial charge in [0, 0.05) is 21.4 Å². The number of hydrogen-bond acceptors (Lipinski definition) is 2. The molecule has 0 aliphatic heterocycles. The number of aromatic nitrogens is 1. The van der Waals surface area contributed by atoms with Crippen LogP contribution in [0.3, 0.4) is 0 Å². The van der Waals surface area contributed by atoms with E-state index < -0.39 is 0 Å². The fourth-order valence-electron chi connectivity index (χ4n) is 1.77. The van der Waals surface area contributed by atoms with Crippen LogP contribution in [0.5, 0.6) is 0 Å². The summed E-state index contributed by atoms with van der Waals surface area (Å²) in [4.78, 5) is 16.2. The molecule has 0 saturated heterocycles.